The third kappa shape index (κ3) is 9.56. The Hall–Kier alpha value is -3.07. The highest BCUT2D eigenvalue weighted by molar-refractivity contribution is 7.99. The van der Waals surface area contributed by atoms with Crippen LogP contribution in [0.2, 0.25) is 10.0 Å². The smallest absolute Gasteiger partial charge is 0.269 e. The Bertz CT molecular complexity index is 1300. The van der Waals surface area contributed by atoms with Crippen molar-refractivity contribution in [2.45, 2.75) is 51.1 Å². The van der Waals surface area contributed by atoms with Gasteiger partial charge in [-0.3, -0.25) is 19.7 Å². The molecule has 1 N–H and O–H groups in total. The summed E-state index contributed by atoms with van der Waals surface area (Å²) in [6, 6.07) is 20.2. The first-order valence-corrected chi connectivity index (χ1v) is 14.2. The number of nitrogens with one attached hydrogen (secondary N) is 1. The fourth-order valence-corrected chi connectivity index (χ4v) is 5.09. The van der Waals surface area contributed by atoms with Gasteiger partial charge in [0, 0.05) is 36.4 Å². The molecule has 0 spiro atoms. The first kappa shape index (κ1) is 30.5. The fraction of sp³-hybridized carbons (Fsp3) is 0.310. The predicted octanol–water partition coefficient (Wildman–Crippen LogP) is 6.69. The molecule has 0 aliphatic rings. The van der Waals surface area contributed by atoms with E-state index in [1.165, 1.54) is 23.9 Å². The second-order valence-electron chi connectivity index (χ2n) is 10.1. The molecular formula is C29H31Cl2N3O4S. The maximum absolute atomic E-state index is 13.7. The lowest BCUT2D eigenvalue weighted by Crippen LogP contribution is -2.54. The van der Waals surface area contributed by atoms with Crippen molar-refractivity contribution in [2.75, 3.05) is 5.75 Å². The molecule has 0 saturated carbocycles. The summed E-state index contributed by atoms with van der Waals surface area (Å²) in [4.78, 5) is 39.4. The van der Waals surface area contributed by atoms with Gasteiger partial charge in [0.25, 0.3) is 5.69 Å². The minimum Gasteiger partial charge on any atom is -0.350 e. The molecule has 3 aromatic rings. The number of carbonyl (C=O) groups excluding carboxylic acids is 2. The molecular weight excluding hydrogens is 557 g/mol. The van der Waals surface area contributed by atoms with E-state index in [4.69, 9.17) is 23.2 Å². The number of nitro benzene ring substituents is 1. The van der Waals surface area contributed by atoms with Gasteiger partial charge in [0.05, 0.1) is 20.7 Å². The molecule has 206 valence electrons. The summed E-state index contributed by atoms with van der Waals surface area (Å²) in [7, 11) is 0. The lowest BCUT2D eigenvalue weighted by Gasteiger charge is -2.34. The van der Waals surface area contributed by atoms with Crippen LogP contribution >= 0.6 is 35.0 Å². The van der Waals surface area contributed by atoms with E-state index in [0.717, 1.165) is 16.7 Å². The highest BCUT2D eigenvalue weighted by Crippen LogP contribution is 2.25. The zero-order chi connectivity index (χ0) is 28.6. The molecule has 0 heterocycles. The van der Waals surface area contributed by atoms with Crippen LogP contribution in [0.5, 0.6) is 0 Å². The quantitative estimate of drug-likeness (QED) is 0.199. The van der Waals surface area contributed by atoms with Crippen LogP contribution in [0.25, 0.3) is 0 Å². The molecule has 3 aromatic carbocycles. The first-order chi connectivity index (χ1) is 18.4. The minimum absolute atomic E-state index is 0.0150. The van der Waals surface area contributed by atoms with Crippen LogP contribution in [0, 0.1) is 10.1 Å². The Labute approximate surface area is 243 Å². The Morgan fingerprint density at radius 2 is 1.59 bits per heavy atom. The van der Waals surface area contributed by atoms with Gasteiger partial charge in [-0.25, -0.2) is 0 Å². The number of thioether (sulfide) groups is 1. The largest absolute Gasteiger partial charge is 0.350 e. The van der Waals surface area contributed by atoms with Crippen molar-refractivity contribution in [1.82, 2.24) is 10.2 Å². The number of halogens is 2. The van der Waals surface area contributed by atoms with Gasteiger partial charge < -0.3 is 10.2 Å². The van der Waals surface area contributed by atoms with Crippen molar-refractivity contribution in [2.24, 2.45) is 0 Å². The summed E-state index contributed by atoms with van der Waals surface area (Å²) in [5.41, 5.74) is 2.06. The van der Waals surface area contributed by atoms with E-state index >= 15 is 0 Å². The van der Waals surface area contributed by atoms with Crippen molar-refractivity contribution >= 4 is 52.5 Å². The molecule has 0 aliphatic carbocycles. The number of carbonyl (C=O) groups is 2. The monoisotopic (exact) mass is 587 g/mol. The molecule has 1 unspecified atom stereocenters. The summed E-state index contributed by atoms with van der Waals surface area (Å²) in [6.07, 6.45) is 0.336. The third-order valence-corrected chi connectivity index (χ3v) is 7.48. The van der Waals surface area contributed by atoms with Crippen LogP contribution in [0.4, 0.5) is 5.69 Å². The molecule has 0 saturated heterocycles. The number of benzene rings is 3. The number of rotatable bonds is 11. The van der Waals surface area contributed by atoms with Crippen LogP contribution in [-0.4, -0.2) is 39.0 Å². The maximum atomic E-state index is 13.7. The maximum Gasteiger partial charge on any atom is 0.269 e. The number of non-ortho nitro benzene ring substituents is 1. The van der Waals surface area contributed by atoms with Gasteiger partial charge in [-0.15, -0.1) is 11.8 Å². The zero-order valence-electron chi connectivity index (χ0n) is 22.0. The Kier molecular flexibility index (Phi) is 10.8. The fourth-order valence-electron chi connectivity index (χ4n) is 3.89. The number of nitro groups is 1. The van der Waals surface area contributed by atoms with Gasteiger partial charge >= 0.3 is 0 Å². The molecule has 0 aromatic heterocycles. The number of hydrogen-bond donors (Lipinski definition) is 1. The topological polar surface area (TPSA) is 92.6 Å². The number of hydrogen-bond acceptors (Lipinski definition) is 5. The molecule has 10 heteroatoms. The average Bonchev–Trinajstić information content (AvgIpc) is 2.88. The predicted molar refractivity (Wildman–Crippen MR) is 158 cm³/mol. The Morgan fingerprint density at radius 3 is 2.18 bits per heavy atom. The molecule has 0 aliphatic heterocycles. The highest BCUT2D eigenvalue weighted by atomic mass is 35.5. The van der Waals surface area contributed by atoms with Gasteiger partial charge in [0.2, 0.25) is 11.8 Å². The van der Waals surface area contributed by atoms with Crippen LogP contribution in [-0.2, 0) is 28.3 Å². The lowest BCUT2D eigenvalue weighted by molar-refractivity contribution is -0.384. The van der Waals surface area contributed by atoms with Gasteiger partial charge in [-0.05, 0) is 49.6 Å². The number of amides is 2. The standard InChI is InChI=1S/C29H31Cl2N3O4S/c1-29(2,3)32-28(36)26(16-20-7-5-4-6-8-20)33(17-22-11-14-24(30)25(31)15-22)27(35)19-39-18-21-9-12-23(13-10-21)34(37)38/h4-15,26H,16-19H2,1-3H3,(H,32,36). The molecule has 3 rings (SSSR count). The molecule has 0 fully saturated rings. The summed E-state index contributed by atoms with van der Waals surface area (Å²) < 4.78 is 0. The van der Waals surface area contributed by atoms with E-state index in [1.54, 1.807) is 35.2 Å². The summed E-state index contributed by atoms with van der Waals surface area (Å²) >= 11 is 13.7. The minimum atomic E-state index is -0.770. The van der Waals surface area contributed by atoms with E-state index in [2.05, 4.69) is 5.32 Å². The molecule has 1 atom stereocenters. The summed E-state index contributed by atoms with van der Waals surface area (Å²) in [5, 5.41) is 14.7. The normalized spacial score (nSPS) is 12.0. The van der Waals surface area contributed by atoms with Gasteiger partial charge in [0.15, 0.2) is 0 Å². The van der Waals surface area contributed by atoms with Gasteiger partial charge in [-0.2, -0.15) is 0 Å². The highest BCUT2D eigenvalue weighted by Gasteiger charge is 2.32. The Morgan fingerprint density at radius 1 is 0.949 bits per heavy atom. The van der Waals surface area contributed by atoms with Crippen LogP contribution in [0.3, 0.4) is 0 Å². The molecule has 39 heavy (non-hydrogen) atoms. The van der Waals surface area contributed by atoms with Crippen LogP contribution < -0.4 is 5.32 Å². The van der Waals surface area contributed by atoms with Crippen LogP contribution in [0.1, 0.15) is 37.5 Å². The second-order valence-corrected chi connectivity index (χ2v) is 11.9. The number of nitrogens with zero attached hydrogens (tertiary/aromatic N) is 2. The van der Waals surface area contributed by atoms with Crippen molar-refractivity contribution in [3.8, 4) is 0 Å². The average molecular weight is 589 g/mol. The molecule has 7 nitrogen and oxygen atoms in total. The second kappa shape index (κ2) is 13.8. The van der Waals surface area contributed by atoms with Crippen molar-refractivity contribution in [1.29, 1.82) is 0 Å². The molecule has 0 radical (unpaired) electrons. The van der Waals surface area contributed by atoms with Crippen LogP contribution in [0.15, 0.2) is 72.8 Å². The summed E-state index contributed by atoms with van der Waals surface area (Å²) in [6.45, 7) is 5.86. The SMILES string of the molecule is CC(C)(C)NC(=O)C(Cc1ccccc1)N(Cc1ccc(Cl)c(Cl)c1)C(=O)CSCc1ccc([N+](=O)[O-])cc1. The Balaban J connectivity index is 1.86. The van der Waals surface area contributed by atoms with Gasteiger partial charge in [0.1, 0.15) is 6.04 Å². The van der Waals surface area contributed by atoms with Gasteiger partial charge in [-0.1, -0.05) is 71.7 Å². The van der Waals surface area contributed by atoms with E-state index in [0.29, 0.717) is 22.2 Å². The van der Waals surface area contributed by atoms with E-state index in [1.807, 2.05) is 51.1 Å². The van der Waals surface area contributed by atoms with Crippen molar-refractivity contribution in [3.05, 3.63) is 110 Å². The van der Waals surface area contributed by atoms with Crippen molar-refractivity contribution in [3.63, 3.8) is 0 Å². The molecule has 2 amide bonds. The summed E-state index contributed by atoms with van der Waals surface area (Å²) in [5.74, 6) is 0.145. The van der Waals surface area contributed by atoms with Crippen molar-refractivity contribution < 1.29 is 14.5 Å². The lowest BCUT2D eigenvalue weighted by atomic mass is 10.0. The third-order valence-electron chi connectivity index (χ3n) is 5.75. The van der Waals surface area contributed by atoms with E-state index < -0.39 is 16.5 Å². The molecule has 0 bridgehead atoms. The first-order valence-electron chi connectivity index (χ1n) is 12.3. The van der Waals surface area contributed by atoms with E-state index in [-0.39, 0.29) is 29.8 Å². The van der Waals surface area contributed by atoms with E-state index in [9.17, 15) is 19.7 Å². The zero-order valence-corrected chi connectivity index (χ0v) is 24.4.